The van der Waals surface area contributed by atoms with Gasteiger partial charge in [0.05, 0.1) is 18.2 Å². The first-order valence-corrected chi connectivity index (χ1v) is 8.56. The van der Waals surface area contributed by atoms with Crippen molar-refractivity contribution in [2.24, 2.45) is 0 Å². The maximum absolute atomic E-state index is 6.26. The Hall–Kier alpha value is -2.68. The Morgan fingerprint density at radius 1 is 1.20 bits per heavy atom. The second-order valence-corrected chi connectivity index (χ2v) is 7.23. The maximum Gasteiger partial charge on any atom is 0.143 e. The van der Waals surface area contributed by atoms with Crippen LogP contribution in [0.1, 0.15) is 38.0 Å². The zero-order valence-electron chi connectivity index (χ0n) is 15.1. The third-order valence-electron chi connectivity index (χ3n) is 4.90. The first-order chi connectivity index (χ1) is 11.9. The van der Waals surface area contributed by atoms with Gasteiger partial charge in [0.25, 0.3) is 0 Å². The molecule has 1 N–H and O–H groups in total. The van der Waals surface area contributed by atoms with Gasteiger partial charge < -0.3 is 14.8 Å². The lowest BCUT2D eigenvalue weighted by molar-refractivity contribution is 0.250. The second kappa shape index (κ2) is 5.41. The molecule has 0 amide bonds. The Morgan fingerprint density at radius 3 is 2.72 bits per heavy atom. The predicted molar refractivity (Wildman–Crippen MR) is 103 cm³/mol. The summed E-state index contributed by atoms with van der Waals surface area (Å²) in [7, 11) is 1.70. The van der Waals surface area contributed by atoms with E-state index in [1.807, 2.05) is 24.3 Å². The molecule has 2 aliphatic heterocycles. The van der Waals surface area contributed by atoms with Gasteiger partial charge in [-0.25, -0.2) is 0 Å². The lowest BCUT2D eigenvalue weighted by Gasteiger charge is -2.36. The van der Waals surface area contributed by atoms with E-state index in [0.29, 0.717) is 0 Å². The highest BCUT2D eigenvalue weighted by Gasteiger charge is 2.33. The summed E-state index contributed by atoms with van der Waals surface area (Å²) >= 11 is 0. The van der Waals surface area contributed by atoms with Gasteiger partial charge in [0.2, 0.25) is 0 Å². The van der Waals surface area contributed by atoms with Crippen LogP contribution in [-0.2, 0) is 0 Å². The van der Waals surface area contributed by atoms with Gasteiger partial charge in [-0.15, -0.1) is 0 Å². The SMILES string of the molecule is C=CC1Oc2cccc(OC)c2-c2ccc3c(c21)C(C)=CC(C)(C)N3. The fraction of sp³-hybridized carbons (Fsp3) is 0.273. The van der Waals surface area contributed by atoms with Crippen molar-refractivity contribution in [2.45, 2.75) is 32.4 Å². The average Bonchev–Trinajstić information content (AvgIpc) is 2.58. The van der Waals surface area contributed by atoms with Crippen LogP contribution in [0.5, 0.6) is 11.5 Å². The molecule has 2 aromatic carbocycles. The zero-order valence-corrected chi connectivity index (χ0v) is 15.1. The molecule has 0 fully saturated rings. The Morgan fingerprint density at radius 2 is 2.00 bits per heavy atom. The van der Waals surface area contributed by atoms with E-state index in [-0.39, 0.29) is 11.6 Å². The minimum absolute atomic E-state index is 0.0693. The number of nitrogens with one attached hydrogen (secondary N) is 1. The van der Waals surface area contributed by atoms with Crippen LogP contribution in [0.2, 0.25) is 0 Å². The first-order valence-electron chi connectivity index (χ1n) is 8.56. The summed E-state index contributed by atoms with van der Waals surface area (Å²) in [6.07, 6.45) is 3.96. The molecule has 0 saturated heterocycles. The third-order valence-corrected chi connectivity index (χ3v) is 4.90. The summed E-state index contributed by atoms with van der Waals surface area (Å²) in [5, 5.41) is 3.62. The number of methoxy groups -OCH3 is 1. The van der Waals surface area contributed by atoms with Gasteiger partial charge in [0.1, 0.15) is 17.6 Å². The van der Waals surface area contributed by atoms with E-state index in [0.717, 1.165) is 33.9 Å². The van der Waals surface area contributed by atoms with Gasteiger partial charge in [0, 0.05) is 16.8 Å². The Kier molecular flexibility index (Phi) is 3.43. The summed E-state index contributed by atoms with van der Waals surface area (Å²) in [6.45, 7) is 10.5. The molecule has 3 heteroatoms. The van der Waals surface area contributed by atoms with Crippen LogP contribution >= 0.6 is 0 Å². The van der Waals surface area contributed by atoms with Crippen LogP contribution in [-0.4, -0.2) is 12.6 Å². The summed E-state index contributed by atoms with van der Waals surface area (Å²) in [5.74, 6) is 1.66. The molecule has 25 heavy (non-hydrogen) atoms. The fourth-order valence-corrected chi connectivity index (χ4v) is 4.07. The number of hydrogen-bond acceptors (Lipinski definition) is 3. The molecule has 0 radical (unpaired) electrons. The molecule has 0 bridgehead atoms. The van der Waals surface area contributed by atoms with E-state index in [1.165, 1.54) is 11.1 Å². The van der Waals surface area contributed by atoms with E-state index >= 15 is 0 Å². The molecule has 1 unspecified atom stereocenters. The van der Waals surface area contributed by atoms with Crippen LogP contribution < -0.4 is 14.8 Å². The maximum atomic E-state index is 6.26. The van der Waals surface area contributed by atoms with Gasteiger partial charge in [-0.1, -0.05) is 24.8 Å². The van der Waals surface area contributed by atoms with E-state index in [4.69, 9.17) is 9.47 Å². The quantitative estimate of drug-likeness (QED) is 0.727. The Labute approximate surface area is 149 Å². The molecule has 0 saturated carbocycles. The zero-order chi connectivity index (χ0) is 17.8. The number of hydrogen-bond donors (Lipinski definition) is 1. The van der Waals surface area contributed by atoms with Crippen LogP contribution in [0.15, 0.2) is 49.1 Å². The van der Waals surface area contributed by atoms with Crippen molar-refractivity contribution in [3.05, 3.63) is 60.2 Å². The molecule has 1 atom stereocenters. The molecule has 0 aliphatic carbocycles. The van der Waals surface area contributed by atoms with Crippen LogP contribution in [0.4, 0.5) is 5.69 Å². The van der Waals surface area contributed by atoms with Crippen molar-refractivity contribution in [2.75, 3.05) is 12.4 Å². The molecule has 2 aliphatic rings. The minimum Gasteiger partial charge on any atom is -0.496 e. The molecular formula is C22H23NO2. The van der Waals surface area contributed by atoms with E-state index in [2.05, 4.69) is 50.9 Å². The molecule has 0 aromatic heterocycles. The number of rotatable bonds is 2. The van der Waals surface area contributed by atoms with E-state index in [1.54, 1.807) is 7.11 Å². The topological polar surface area (TPSA) is 30.5 Å². The molecular weight excluding hydrogens is 310 g/mol. The van der Waals surface area contributed by atoms with Crippen molar-refractivity contribution in [3.8, 4) is 22.6 Å². The van der Waals surface area contributed by atoms with Crippen molar-refractivity contribution in [1.29, 1.82) is 0 Å². The molecule has 4 rings (SSSR count). The largest absolute Gasteiger partial charge is 0.496 e. The summed E-state index contributed by atoms with van der Waals surface area (Å²) in [6, 6.07) is 10.2. The van der Waals surface area contributed by atoms with Gasteiger partial charge in [-0.05, 0) is 56.2 Å². The number of allylic oxidation sites excluding steroid dienone is 1. The monoisotopic (exact) mass is 333 g/mol. The number of anilines is 1. The molecule has 128 valence electrons. The molecule has 0 spiro atoms. The lowest BCUT2D eigenvalue weighted by atomic mass is 9.82. The fourth-order valence-electron chi connectivity index (χ4n) is 4.07. The smallest absolute Gasteiger partial charge is 0.143 e. The highest BCUT2D eigenvalue weighted by Crippen LogP contribution is 2.51. The molecule has 2 heterocycles. The third kappa shape index (κ3) is 2.34. The highest BCUT2D eigenvalue weighted by molar-refractivity contribution is 5.91. The van der Waals surface area contributed by atoms with Crippen LogP contribution in [0, 0.1) is 0 Å². The van der Waals surface area contributed by atoms with Crippen molar-refractivity contribution >= 4 is 11.3 Å². The summed E-state index contributed by atoms with van der Waals surface area (Å²) < 4.78 is 11.9. The molecule has 3 nitrogen and oxygen atoms in total. The number of benzene rings is 2. The standard InChI is InChI=1S/C22H23NO2/c1-6-16-21-14(20-17(24-5)8-7-9-18(20)25-16)10-11-15-19(21)13(2)12-22(3,4)23-15/h6-12,16,23H,1H2,2-5H3. The van der Waals surface area contributed by atoms with Crippen LogP contribution in [0.25, 0.3) is 16.7 Å². The van der Waals surface area contributed by atoms with Crippen molar-refractivity contribution in [1.82, 2.24) is 0 Å². The first kappa shape index (κ1) is 15.8. The van der Waals surface area contributed by atoms with Crippen molar-refractivity contribution in [3.63, 3.8) is 0 Å². The van der Waals surface area contributed by atoms with Crippen molar-refractivity contribution < 1.29 is 9.47 Å². The summed E-state index contributed by atoms with van der Waals surface area (Å²) in [5.41, 5.74) is 6.84. The second-order valence-electron chi connectivity index (χ2n) is 7.23. The van der Waals surface area contributed by atoms with Gasteiger partial charge in [0.15, 0.2) is 0 Å². The van der Waals surface area contributed by atoms with Gasteiger partial charge in [-0.2, -0.15) is 0 Å². The van der Waals surface area contributed by atoms with E-state index in [9.17, 15) is 0 Å². The summed E-state index contributed by atoms with van der Waals surface area (Å²) in [4.78, 5) is 0. The van der Waals surface area contributed by atoms with Gasteiger partial charge >= 0.3 is 0 Å². The Bertz CT molecular complexity index is 908. The van der Waals surface area contributed by atoms with Crippen LogP contribution in [0.3, 0.4) is 0 Å². The normalized spacial score (nSPS) is 19.4. The Balaban J connectivity index is 2.04. The van der Waals surface area contributed by atoms with E-state index < -0.39 is 0 Å². The lowest BCUT2D eigenvalue weighted by Crippen LogP contribution is -2.32. The highest BCUT2D eigenvalue weighted by atomic mass is 16.5. The average molecular weight is 333 g/mol. The van der Waals surface area contributed by atoms with Gasteiger partial charge in [-0.3, -0.25) is 0 Å². The predicted octanol–water partition coefficient (Wildman–Crippen LogP) is 5.59. The molecule has 2 aromatic rings. The minimum atomic E-state index is -0.184. The number of fused-ring (bicyclic) bond motifs is 5. The number of ether oxygens (including phenoxy) is 2.